The molecule has 1 aliphatic heterocycles. The Labute approximate surface area is 193 Å². The third kappa shape index (κ3) is 6.00. The van der Waals surface area contributed by atoms with Gasteiger partial charge in [-0.3, -0.25) is 9.59 Å². The van der Waals surface area contributed by atoms with E-state index in [-0.39, 0.29) is 13.0 Å². The minimum atomic E-state index is -1.16. The summed E-state index contributed by atoms with van der Waals surface area (Å²) in [5.41, 5.74) is 1.08. The Morgan fingerprint density at radius 1 is 0.939 bits per heavy atom. The van der Waals surface area contributed by atoms with E-state index in [1.165, 1.54) is 0 Å². The number of aliphatic carboxylic acids is 1. The summed E-state index contributed by atoms with van der Waals surface area (Å²) >= 11 is 0. The second-order valence-corrected chi connectivity index (χ2v) is 9.04. The van der Waals surface area contributed by atoms with E-state index in [1.54, 1.807) is 42.5 Å². The van der Waals surface area contributed by atoms with E-state index < -0.39 is 42.1 Å². The van der Waals surface area contributed by atoms with Crippen LogP contribution in [0.1, 0.15) is 43.6 Å². The molecule has 3 rings (SSSR count). The van der Waals surface area contributed by atoms with Gasteiger partial charge in [-0.05, 0) is 50.9 Å². The molecule has 1 atom stereocenters. The summed E-state index contributed by atoms with van der Waals surface area (Å²) in [7, 11) is -0.507. The van der Waals surface area contributed by atoms with Crippen LogP contribution in [0.2, 0.25) is 0 Å². The Hall–Kier alpha value is -3.17. The molecule has 0 aliphatic carbocycles. The molecule has 3 N–H and O–H groups in total. The van der Waals surface area contributed by atoms with E-state index in [4.69, 9.17) is 9.31 Å². The highest BCUT2D eigenvalue weighted by atomic mass is 16.7. The molecule has 1 heterocycles. The molecule has 0 bridgehead atoms. The molecular formula is C24H29BN2O6. The summed E-state index contributed by atoms with van der Waals surface area (Å²) in [6.07, 6.45) is 0.0946. The lowest BCUT2D eigenvalue weighted by Gasteiger charge is -2.32. The maximum Gasteiger partial charge on any atom is 0.494 e. The number of hydrogen-bond donors (Lipinski definition) is 3. The lowest BCUT2D eigenvalue weighted by molar-refractivity contribution is -0.141. The van der Waals surface area contributed by atoms with E-state index in [1.807, 2.05) is 39.8 Å². The average Bonchev–Trinajstić information content (AvgIpc) is 2.99. The van der Waals surface area contributed by atoms with Crippen LogP contribution in [0.15, 0.2) is 54.6 Å². The molecule has 2 aromatic carbocycles. The van der Waals surface area contributed by atoms with Gasteiger partial charge in [-0.25, -0.2) is 4.79 Å². The fourth-order valence-electron chi connectivity index (χ4n) is 3.32. The van der Waals surface area contributed by atoms with Crippen LogP contribution in [0.5, 0.6) is 0 Å². The van der Waals surface area contributed by atoms with Crippen molar-refractivity contribution in [1.29, 1.82) is 0 Å². The quantitative estimate of drug-likeness (QED) is 0.524. The van der Waals surface area contributed by atoms with Gasteiger partial charge in [-0.2, -0.15) is 0 Å². The molecule has 1 saturated heterocycles. The summed E-state index contributed by atoms with van der Waals surface area (Å²) in [5, 5.41) is 14.5. The first-order valence-electron chi connectivity index (χ1n) is 10.8. The Morgan fingerprint density at radius 3 is 2.06 bits per heavy atom. The van der Waals surface area contributed by atoms with Crippen molar-refractivity contribution in [1.82, 2.24) is 10.6 Å². The SMILES string of the molecule is CC1(C)OB(c2ccc(C[C@@H](NC(=O)CNC(=O)c3ccccc3)C(=O)O)cc2)OC1(C)C. The minimum Gasteiger partial charge on any atom is -0.480 e. The van der Waals surface area contributed by atoms with Crippen molar-refractivity contribution in [3.8, 4) is 0 Å². The van der Waals surface area contributed by atoms with Gasteiger partial charge in [-0.1, -0.05) is 42.5 Å². The Kier molecular flexibility index (Phi) is 7.24. The molecule has 0 spiro atoms. The fraction of sp³-hybridized carbons (Fsp3) is 0.375. The fourth-order valence-corrected chi connectivity index (χ4v) is 3.32. The van der Waals surface area contributed by atoms with Crippen molar-refractivity contribution in [3.63, 3.8) is 0 Å². The maximum absolute atomic E-state index is 12.2. The molecule has 1 fully saturated rings. The normalized spacial score (nSPS) is 17.3. The van der Waals surface area contributed by atoms with Gasteiger partial charge < -0.3 is 25.0 Å². The van der Waals surface area contributed by atoms with E-state index >= 15 is 0 Å². The predicted octanol–water partition coefficient (Wildman–Crippen LogP) is 1.53. The van der Waals surface area contributed by atoms with Crippen molar-refractivity contribution in [2.75, 3.05) is 6.54 Å². The minimum absolute atomic E-state index is 0.0946. The molecule has 2 aromatic rings. The summed E-state index contributed by atoms with van der Waals surface area (Å²) < 4.78 is 12.1. The van der Waals surface area contributed by atoms with Crippen LogP contribution in [0.25, 0.3) is 0 Å². The topological polar surface area (TPSA) is 114 Å². The number of nitrogens with one attached hydrogen (secondary N) is 2. The van der Waals surface area contributed by atoms with Crippen molar-refractivity contribution < 1.29 is 28.8 Å². The monoisotopic (exact) mass is 452 g/mol. The van der Waals surface area contributed by atoms with Crippen LogP contribution in [-0.4, -0.2) is 53.8 Å². The van der Waals surface area contributed by atoms with E-state index in [0.717, 1.165) is 11.0 Å². The summed E-state index contributed by atoms with van der Waals surface area (Å²) in [6, 6.07) is 14.6. The van der Waals surface area contributed by atoms with Crippen LogP contribution in [0.4, 0.5) is 0 Å². The smallest absolute Gasteiger partial charge is 0.480 e. The third-order valence-electron chi connectivity index (χ3n) is 6.02. The predicted molar refractivity (Wildman–Crippen MR) is 124 cm³/mol. The molecule has 1 aliphatic rings. The highest BCUT2D eigenvalue weighted by molar-refractivity contribution is 6.62. The van der Waals surface area contributed by atoms with Crippen LogP contribution >= 0.6 is 0 Å². The number of carboxylic acid groups (broad SMARTS) is 1. The number of carbonyl (C=O) groups excluding carboxylic acids is 2. The van der Waals surface area contributed by atoms with Crippen molar-refractivity contribution in [3.05, 3.63) is 65.7 Å². The van der Waals surface area contributed by atoms with Gasteiger partial charge in [0.05, 0.1) is 17.7 Å². The average molecular weight is 452 g/mol. The first-order valence-corrected chi connectivity index (χ1v) is 10.8. The zero-order valence-corrected chi connectivity index (χ0v) is 19.3. The first kappa shape index (κ1) is 24.5. The molecule has 8 nitrogen and oxygen atoms in total. The summed E-state index contributed by atoms with van der Waals surface area (Å²) in [6.45, 7) is 7.58. The second-order valence-electron chi connectivity index (χ2n) is 9.04. The number of carbonyl (C=O) groups is 3. The van der Waals surface area contributed by atoms with Crippen molar-refractivity contribution >= 4 is 30.4 Å². The molecule has 2 amide bonds. The molecule has 0 saturated carbocycles. The highest BCUT2D eigenvalue weighted by Crippen LogP contribution is 2.36. The van der Waals surface area contributed by atoms with Crippen LogP contribution < -0.4 is 16.1 Å². The van der Waals surface area contributed by atoms with Gasteiger partial charge >= 0.3 is 13.1 Å². The third-order valence-corrected chi connectivity index (χ3v) is 6.02. The molecule has 0 radical (unpaired) electrons. The zero-order valence-electron chi connectivity index (χ0n) is 19.3. The van der Waals surface area contributed by atoms with E-state index in [2.05, 4.69) is 10.6 Å². The highest BCUT2D eigenvalue weighted by Gasteiger charge is 2.51. The van der Waals surface area contributed by atoms with Gasteiger partial charge in [0, 0.05) is 12.0 Å². The van der Waals surface area contributed by atoms with Crippen LogP contribution in [0, 0.1) is 0 Å². The summed E-state index contributed by atoms with van der Waals surface area (Å²) in [4.78, 5) is 35.9. The zero-order chi connectivity index (χ0) is 24.2. The van der Waals surface area contributed by atoms with Gasteiger partial charge in [0.2, 0.25) is 5.91 Å². The Bertz CT molecular complexity index is 991. The van der Waals surface area contributed by atoms with Gasteiger partial charge in [0.1, 0.15) is 6.04 Å². The lowest BCUT2D eigenvalue weighted by Crippen LogP contribution is -2.46. The number of hydrogen-bond acceptors (Lipinski definition) is 5. The van der Waals surface area contributed by atoms with Crippen LogP contribution in [-0.2, 0) is 25.3 Å². The molecule has 174 valence electrons. The number of rotatable bonds is 8. The van der Waals surface area contributed by atoms with E-state index in [9.17, 15) is 19.5 Å². The van der Waals surface area contributed by atoms with Gasteiger partial charge in [0.15, 0.2) is 0 Å². The summed E-state index contributed by atoms with van der Waals surface area (Å²) in [5.74, 6) is -2.15. The second kappa shape index (κ2) is 9.76. The van der Waals surface area contributed by atoms with Gasteiger partial charge in [0.25, 0.3) is 5.91 Å². The van der Waals surface area contributed by atoms with Gasteiger partial charge in [-0.15, -0.1) is 0 Å². The molecule has 9 heteroatoms. The first-order chi connectivity index (χ1) is 15.5. The number of benzene rings is 2. The van der Waals surface area contributed by atoms with Crippen molar-refractivity contribution in [2.45, 2.75) is 51.4 Å². The maximum atomic E-state index is 12.2. The van der Waals surface area contributed by atoms with Crippen molar-refractivity contribution in [2.24, 2.45) is 0 Å². The Morgan fingerprint density at radius 2 is 1.52 bits per heavy atom. The number of amides is 2. The molecular weight excluding hydrogens is 423 g/mol. The van der Waals surface area contributed by atoms with Crippen LogP contribution in [0.3, 0.4) is 0 Å². The molecule has 33 heavy (non-hydrogen) atoms. The standard InChI is InChI=1S/C24H29BN2O6/c1-23(2)24(3,4)33-25(32-23)18-12-10-16(11-13-18)14-19(22(30)31)27-20(28)15-26-21(29)17-8-6-5-7-9-17/h5-13,19H,14-15H2,1-4H3,(H,26,29)(H,27,28)(H,30,31)/t19-/m1/s1. The largest absolute Gasteiger partial charge is 0.494 e. The molecule has 0 aromatic heterocycles. The number of carboxylic acids is 1. The van der Waals surface area contributed by atoms with E-state index in [0.29, 0.717) is 5.56 Å². The Balaban J connectivity index is 1.56. The lowest BCUT2D eigenvalue weighted by atomic mass is 9.78. The molecule has 0 unspecified atom stereocenters.